The summed E-state index contributed by atoms with van der Waals surface area (Å²) in [6.07, 6.45) is 2.57. The zero-order valence-corrected chi connectivity index (χ0v) is 18.7. The first kappa shape index (κ1) is 21.6. The van der Waals surface area contributed by atoms with Gasteiger partial charge in [0.1, 0.15) is 12.1 Å². The summed E-state index contributed by atoms with van der Waals surface area (Å²) in [4.78, 5) is 42.7. The molecule has 33 heavy (non-hydrogen) atoms. The lowest BCUT2D eigenvalue weighted by molar-refractivity contribution is -0.142. The van der Waals surface area contributed by atoms with Crippen molar-refractivity contribution >= 4 is 17.8 Å². The van der Waals surface area contributed by atoms with Crippen LogP contribution in [-0.4, -0.2) is 45.3 Å². The summed E-state index contributed by atoms with van der Waals surface area (Å²) >= 11 is 0. The van der Waals surface area contributed by atoms with E-state index in [1.165, 1.54) is 6.42 Å². The van der Waals surface area contributed by atoms with Gasteiger partial charge in [0.25, 0.3) is 5.91 Å². The highest BCUT2D eigenvalue weighted by Gasteiger charge is 2.58. The van der Waals surface area contributed by atoms with E-state index in [2.05, 4.69) is 12.2 Å². The number of amides is 4. The smallest absolute Gasteiger partial charge is 0.325 e. The van der Waals surface area contributed by atoms with Gasteiger partial charge in [-0.05, 0) is 42.4 Å². The Kier molecular flexibility index (Phi) is 5.44. The maximum absolute atomic E-state index is 13.5. The Bertz CT molecular complexity index is 1080. The highest BCUT2D eigenvalue weighted by Crippen LogP contribution is 2.46. The van der Waals surface area contributed by atoms with Crippen LogP contribution in [0.4, 0.5) is 4.79 Å². The molecule has 7 heteroatoms. The molecule has 1 spiro atoms. The minimum atomic E-state index is -1.31. The molecule has 2 aromatic carbocycles. The van der Waals surface area contributed by atoms with Gasteiger partial charge in [0, 0.05) is 19.0 Å². The number of carbonyl (C=O) groups excluding carboxylic acids is 3. The molecule has 3 aliphatic rings. The minimum Gasteiger partial charge on any atom is -0.388 e. The van der Waals surface area contributed by atoms with E-state index in [4.69, 9.17) is 0 Å². The van der Waals surface area contributed by atoms with Gasteiger partial charge in [0.05, 0.1) is 6.10 Å². The third-order valence-corrected chi connectivity index (χ3v) is 7.59. The summed E-state index contributed by atoms with van der Waals surface area (Å²) in [6.45, 7) is 2.18. The number of aliphatic hydroxyl groups excluding tert-OH is 1. The Morgan fingerprint density at radius 1 is 1.15 bits per heavy atom. The molecule has 1 heterocycles. The number of nitrogens with one attached hydrogen (secondary N) is 1. The van der Waals surface area contributed by atoms with Crippen molar-refractivity contribution in [1.29, 1.82) is 0 Å². The van der Waals surface area contributed by atoms with Crippen LogP contribution < -0.4 is 5.32 Å². The van der Waals surface area contributed by atoms with Crippen molar-refractivity contribution in [3.63, 3.8) is 0 Å². The molecule has 0 radical (unpaired) electrons. The number of aliphatic hydroxyl groups is 1. The van der Waals surface area contributed by atoms with Gasteiger partial charge in [-0.15, -0.1) is 0 Å². The van der Waals surface area contributed by atoms with Gasteiger partial charge in [0.15, 0.2) is 0 Å². The Morgan fingerprint density at radius 2 is 1.85 bits per heavy atom. The summed E-state index contributed by atoms with van der Waals surface area (Å²) in [7, 11) is 0. The number of benzene rings is 2. The molecule has 7 nitrogen and oxygen atoms in total. The summed E-state index contributed by atoms with van der Waals surface area (Å²) < 4.78 is 0. The molecule has 4 amide bonds. The molecule has 2 aliphatic carbocycles. The molecule has 3 atom stereocenters. The zero-order valence-electron chi connectivity index (χ0n) is 18.7. The van der Waals surface area contributed by atoms with Crippen LogP contribution in [0.1, 0.15) is 55.4 Å². The van der Waals surface area contributed by atoms with E-state index in [1.807, 2.05) is 35.2 Å². The lowest BCUT2D eigenvalue weighted by Gasteiger charge is -2.39. The van der Waals surface area contributed by atoms with Crippen molar-refractivity contribution in [2.75, 3.05) is 6.54 Å². The zero-order chi connectivity index (χ0) is 23.2. The van der Waals surface area contributed by atoms with E-state index in [0.29, 0.717) is 23.6 Å². The van der Waals surface area contributed by atoms with Gasteiger partial charge in [-0.2, -0.15) is 0 Å². The van der Waals surface area contributed by atoms with Crippen LogP contribution >= 0.6 is 0 Å². The van der Waals surface area contributed by atoms with E-state index < -0.39 is 23.6 Å². The third kappa shape index (κ3) is 3.60. The SMILES string of the molecule is C[C@@H](C1CCC1)N(Cc1ccccc1)C(=O)CN1C(=O)NC2(C[C@H](O)c3ccccc32)C1=O. The number of hydrogen-bond acceptors (Lipinski definition) is 4. The largest absolute Gasteiger partial charge is 0.388 e. The maximum Gasteiger partial charge on any atom is 0.325 e. The van der Waals surface area contributed by atoms with Gasteiger partial charge < -0.3 is 15.3 Å². The van der Waals surface area contributed by atoms with Crippen molar-refractivity contribution in [3.8, 4) is 0 Å². The van der Waals surface area contributed by atoms with Crippen LogP contribution in [0.25, 0.3) is 0 Å². The molecule has 5 rings (SSSR count). The molecule has 2 fully saturated rings. The van der Waals surface area contributed by atoms with Gasteiger partial charge >= 0.3 is 6.03 Å². The van der Waals surface area contributed by atoms with Crippen LogP contribution in [0.3, 0.4) is 0 Å². The Hall–Kier alpha value is -3.19. The standard InChI is InChI=1S/C26H29N3O4/c1-17(19-10-7-11-19)28(15-18-8-3-2-4-9-18)23(31)16-29-24(32)26(27-25(29)33)14-22(30)20-12-5-6-13-21(20)26/h2-6,8-9,12-13,17,19,22,30H,7,10-11,14-16H2,1H3,(H,27,33)/t17-,22-,26?/m0/s1. The van der Waals surface area contributed by atoms with E-state index in [-0.39, 0.29) is 24.9 Å². The first-order valence-electron chi connectivity index (χ1n) is 11.7. The summed E-state index contributed by atoms with van der Waals surface area (Å²) in [5.74, 6) is -0.282. The van der Waals surface area contributed by atoms with Gasteiger partial charge in [-0.1, -0.05) is 61.0 Å². The van der Waals surface area contributed by atoms with Crippen molar-refractivity contribution in [3.05, 3.63) is 71.3 Å². The van der Waals surface area contributed by atoms with Crippen molar-refractivity contribution in [1.82, 2.24) is 15.1 Å². The van der Waals surface area contributed by atoms with Crippen LogP contribution in [-0.2, 0) is 21.7 Å². The molecular weight excluding hydrogens is 418 g/mol. The number of fused-ring (bicyclic) bond motifs is 2. The number of hydrogen-bond donors (Lipinski definition) is 2. The van der Waals surface area contributed by atoms with Crippen molar-refractivity contribution in [2.45, 2.75) is 56.8 Å². The molecule has 1 aliphatic heterocycles. The molecule has 1 saturated heterocycles. The lowest BCUT2D eigenvalue weighted by Crippen LogP contribution is -2.49. The van der Waals surface area contributed by atoms with Gasteiger partial charge in [0.2, 0.25) is 5.91 Å². The first-order chi connectivity index (χ1) is 15.9. The third-order valence-electron chi connectivity index (χ3n) is 7.59. The van der Waals surface area contributed by atoms with Crippen molar-refractivity contribution < 1.29 is 19.5 Å². The van der Waals surface area contributed by atoms with Gasteiger partial charge in [-0.3, -0.25) is 14.5 Å². The van der Waals surface area contributed by atoms with Crippen LogP contribution in [0.2, 0.25) is 0 Å². The van der Waals surface area contributed by atoms with Crippen LogP contribution in [0, 0.1) is 5.92 Å². The molecule has 1 saturated carbocycles. The molecule has 1 unspecified atom stereocenters. The van der Waals surface area contributed by atoms with Gasteiger partial charge in [-0.25, -0.2) is 4.79 Å². The average Bonchev–Trinajstić information content (AvgIpc) is 3.19. The molecule has 2 N–H and O–H groups in total. The molecule has 172 valence electrons. The summed E-state index contributed by atoms with van der Waals surface area (Å²) in [6, 6.07) is 16.3. The Labute approximate surface area is 193 Å². The normalized spacial score (nSPS) is 25.0. The highest BCUT2D eigenvalue weighted by atomic mass is 16.3. The van der Waals surface area contributed by atoms with E-state index in [9.17, 15) is 19.5 Å². The Morgan fingerprint density at radius 3 is 2.55 bits per heavy atom. The van der Waals surface area contributed by atoms with E-state index in [1.54, 1.807) is 24.3 Å². The first-order valence-corrected chi connectivity index (χ1v) is 11.7. The topological polar surface area (TPSA) is 90.0 Å². The number of nitrogens with zero attached hydrogens (tertiary/aromatic N) is 2. The second-order valence-corrected chi connectivity index (χ2v) is 9.47. The monoisotopic (exact) mass is 447 g/mol. The van der Waals surface area contributed by atoms with E-state index in [0.717, 1.165) is 23.3 Å². The number of urea groups is 1. The fourth-order valence-corrected chi connectivity index (χ4v) is 5.42. The quantitative estimate of drug-likeness (QED) is 0.666. The fraction of sp³-hybridized carbons (Fsp3) is 0.423. The highest BCUT2D eigenvalue weighted by molar-refractivity contribution is 6.10. The van der Waals surface area contributed by atoms with E-state index >= 15 is 0 Å². The minimum absolute atomic E-state index is 0.0233. The Balaban J connectivity index is 1.38. The van der Waals surface area contributed by atoms with Crippen LogP contribution in [0.15, 0.2) is 54.6 Å². The number of carbonyl (C=O) groups is 3. The lowest BCUT2D eigenvalue weighted by atomic mass is 9.79. The second kappa shape index (κ2) is 8.30. The summed E-state index contributed by atoms with van der Waals surface area (Å²) in [5, 5.41) is 13.3. The fourth-order valence-electron chi connectivity index (χ4n) is 5.42. The molecule has 0 aromatic heterocycles. The average molecular weight is 448 g/mol. The number of rotatable bonds is 6. The molecular formula is C26H29N3O4. The second-order valence-electron chi connectivity index (χ2n) is 9.47. The molecule has 2 aromatic rings. The molecule has 0 bridgehead atoms. The van der Waals surface area contributed by atoms with Crippen LogP contribution in [0.5, 0.6) is 0 Å². The maximum atomic E-state index is 13.5. The summed E-state index contributed by atoms with van der Waals surface area (Å²) in [5.41, 5.74) is 0.953. The predicted octanol–water partition coefficient (Wildman–Crippen LogP) is 3.09. The number of imide groups is 1. The predicted molar refractivity (Wildman–Crippen MR) is 122 cm³/mol. The van der Waals surface area contributed by atoms with Crippen molar-refractivity contribution in [2.24, 2.45) is 5.92 Å².